The summed E-state index contributed by atoms with van der Waals surface area (Å²) in [6, 6.07) is 8.53. The van der Waals surface area contributed by atoms with Gasteiger partial charge < -0.3 is 14.6 Å². The molecule has 22 heavy (non-hydrogen) atoms. The number of aliphatic carboxylic acids is 1. The van der Waals surface area contributed by atoms with E-state index >= 15 is 0 Å². The minimum atomic E-state index is -0.976. The number of aryl methyl sites for hydroxylation is 1. The molecule has 0 aliphatic carbocycles. The maximum Gasteiger partial charge on any atom is 0.326 e. The van der Waals surface area contributed by atoms with Crippen molar-refractivity contribution in [3.05, 3.63) is 57.8 Å². The largest absolute Gasteiger partial charge is 0.480 e. The molecule has 6 heteroatoms. The van der Waals surface area contributed by atoms with Crippen molar-refractivity contribution in [1.82, 2.24) is 9.47 Å². The van der Waals surface area contributed by atoms with Crippen molar-refractivity contribution < 1.29 is 14.7 Å². The van der Waals surface area contributed by atoms with Crippen LogP contribution in [0.25, 0.3) is 0 Å². The molecule has 5 nitrogen and oxygen atoms in total. The highest BCUT2D eigenvalue weighted by molar-refractivity contribution is 9.10. The minimum absolute atomic E-state index is 0.268. The number of hydrogen-bond acceptors (Lipinski definition) is 2. The summed E-state index contributed by atoms with van der Waals surface area (Å²) >= 11 is 3.34. The average Bonchev–Trinajstić information content (AvgIpc) is 2.83. The molecule has 1 aromatic carbocycles. The molecule has 0 saturated heterocycles. The Bertz CT molecular complexity index is 754. The average molecular weight is 363 g/mol. The van der Waals surface area contributed by atoms with Crippen LogP contribution in [0.4, 0.5) is 0 Å². The third kappa shape index (κ3) is 2.54. The SMILES string of the molecule is Cn1cc(Br)cc1C(=O)N1Cc2ccccc2C[C@@H]1C(=O)O. The molecule has 0 saturated carbocycles. The summed E-state index contributed by atoms with van der Waals surface area (Å²) < 4.78 is 2.49. The number of carboxylic acids is 1. The smallest absolute Gasteiger partial charge is 0.326 e. The van der Waals surface area contributed by atoms with Gasteiger partial charge in [-0.2, -0.15) is 0 Å². The van der Waals surface area contributed by atoms with E-state index in [1.54, 1.807) is 23.9 Å². The van der Waals surface area contributed by atoms with Crippen LogP contribution >= 0.6 is 15.9 Å². The lowest BCUT2D eigenvalue weighted by atomic mass is 9.93. The van der Waals surface area contributed by atoms with Crippen molar-refractivity contribution in [3.63, 3.8) is 0 Å². The van der Waals surface area contributed by atoms with Gasteiger partial charge in [0.25, 0.3) is 5.91 Å². The van der Waals surface area contributed by atoms with Crippen LogP contribution < -0.4 is 0 Å². The number of carbonyl (C=O) groups is 2. The van der Waals surface area contributed by atoms with Crippen molar-refractivity contribution in [2.75, 3.05) is 0 Å². The van der Waals surface area contributed by atoms with Gasteiger partial charge in [-0.1, -0.05) is 24.3 Å². The summed E-state index contributed by atoms with van der Waals surface area (Å²) in [6.45, 7) is 0.314. The third-order valence-electron chi connectivity index (χ3n) is 3.99. The lowest BCUT2D eigenvalue weighted by molar-refractivity contribution is -0.142. The minimum Gasteiger partial charge on any atom is -0.480 e. The lowest BCUT2D eigenvalue weighted by Gasteiger charge is -2.34. The van der Waals surface area contributed by atoms with E-state index in [9.17, 15) is 14.7 Å². The molecule has 2 heterocycles. The highest BCUT2D eigenvalue weighted by atomic mass is 79.9. The number of nitrogens with zero attached hydrogens (tertiary/aromatic N) is 2. The van der Waals surface area contributed by atoms with Crippen molar-refractivity contribution in [2.24, 2.45) is 7.05 Å². The number of rotatable bonds is 2. The van der Waals surface area contributed by atoms with E-state index < -0.39 is 12.0 Å². The summed E-state index contributed by atoms with van der Waals surface area (Å²) in [5, 5.41) is 9.49. The number of aromatic nitrogens is 1. The van der Waals surface area contributed by atoms with Gasteiger partial charge in [0.2, 0.25) is 0 Å². The highest BCUT2D eigenvalue weighted by Crippen LogP contribution is 2.26. The van der Waals surface area contributed by atoms with E-state index in [1.165, 1.54) is 4.90 Å². The molecule has 3 rings (SSSR count). The fourth-order valence-electron chi connectivity index (χ4n) is 2.84. The Kier molecular flexibility index (Phi) is 3.78. The van der Waals surface area contributed by atoms with E-state index in [4.69, 9.17) is 0 Å². The Balaban J connectivity index is 1.99. The normalized spacial score (nSPS) is 17.2. The lowest BCUT2D eigenvalue weighted by Crippen LogP contribution is -2.49. The summed E-state index contributed by atoms with van der Waals surface area (Å²) in [7, 11) is 1.77. The molecule has 1 amide bonds. The molecule has 0 bridgehead atoms. The first-order chi connectivity index (χ1) is 10.5. The summed E-state index contributed by atoms with van der Waals surface area (Å²) in [4.78, 5) is 25.8. The molecule has 0 unspecified atom stereocenters. The van der Waals surface area contributed by atoms with E-state index in [1.807, 2.05) is 24.3 Å². The van der Waals surface area contributed by atoms with Crippen molar-refractivity contribution in [2.45, 2.75) is 19.0 Å². The Morgan fingerprint density at radius 2 is 1.95 bits per heavy atom. The van der Waals surface area contributed by atoms with Gasteiger partial charge in [-0.25, -0.2) is 4.79 Å². The van der Waals surface area contributed by atoms with Gasteiger partial charge in [0.15, 0.2) is 0 Å². The zero-order valence-corrected chi connectivity index (χ0v) is 13.6. The van der Waals surface area contributed by atoms with Crippen LogP contribution in [-0.4, -0.2) is 32.5 Å². The van der Waals surface area contributed by atoms with Crippen LogP contribution in [0, 0.1) is 0 Å². The number of hydrogen-bond donors (Lipinski definition) is 1. The summed E-state index contributed by atoms with van der Waals surface area (Å²) in [5.74, 6) is -1.24. The summed E-state index contributed by atoms with van der Waals surface area (Å²) in [5.41, 5.74) is 2.46. The maximum atomic E-state index is 12.8. The monoisotopic (exact) mass is 362 g/mol. The predicted octanol–water partition coefficient (Wildman–Crippen LogP) is 2.44. The van der Waals surface area contributed by atoms with E-state index in [2.05, 4.69) is 15.9 Å². The van der Waals surface area contributed by atoms with Crippen LogP contribution in [0.2, 0.25) is 0 Å². The second-order valence-electron chi connectivity index (χ2n) is 5.41. The zero-order valence-electron chi connectivity index (χ0n) is 12.0. The molecule has 2 aromatic rings. The van der Waals surface area contributed by atoms with Gasteiger partial charge in [0, 0.05) is 30.7 Å². The number of carbonyl (C=O) groups excluding carboxylic acids is 1. The first-order valence-electron chi connectivity index (χ1n) is 6.90. The number of amides is 1. The number of halogens is 1. The van der Waals surface area contributed by atoms with Crippen LogP contribution in [0.15, 0.2) is 41.0 Å². The summed E-state index contributed by atoms with van der Waals surface area (Å²) in [6.07, 6.45) is 2.11. The molecule has 0 radical (unpaired) electrons. The number of benzene rings is 1. The standard InChI is InChI=1S/C16H15BrN2O3/c1-18-9-12(17)7-13(18)15(20)19-8-11-5-3-2-4-10(11)6-14(19)16(21)22/h2-5,7,9,14H,6,8H2,1H3,(H,21,22)/t14-/m1/s1. The molecular formula is C16H15BrN2O3. The second kappa shape index (κ2) is 5.61. The van der Waals surface area contributed by atoms with Gasteiger partial charge in [-0.05, 0) is 33.1 Å². The Hall–Kier alpha value is -2.08. The third-order valence-corrected chi connectivity index (χ3v) is 4.42. The van der Waals surface area contributed by atoms with E-state index in [0.29, 0.717) is 18.7 Å². The van der Waals surface area contributed by atoms with Gasteiger partial charge in [-0.3, -0.25) is 4.79 Å². The first kappa shape index (κ1) is 14.8. The van der Waals surface area contributed by atoms with Gasteiger partial charge in [0.05, 0.1) is 0 Å². The molecule has 0 fully saturated rings. The van der Waals surface area contributed by atoms with Gasteiger partial charge in [0.1, 0.15) is 11.7 Å². The highest BCUT2D eigenvalue weighted by Gasteiger charge is 2.35. The first-order valence-corrected chi connectivity index (χ1v) is 7.69. The molecule has 114 valence electrons. The quantitative estimate of drug-likeness (QED) is 0.892. The number of carboxylic acid groups (broad SMARTS) is 1. The van der Waals surface area contributed by atoms with Gasteiger partial charge in [-0.15, -0.1) is 0 Å². The molecule has 1 aliphatic rings. The van der Waals surface area contributed by atoms with E-state index in [0.717, 1.165) is 15.6 Å². The van der Waals surface area contributed by atoms with Crippen molar-refractivity contribution in [3.8, 4) is 0 Å². The van der Waals surface area contributed by atoms with Crippen molar-refractivity contribution in [1.29, 1.82) is 0 Å². The maximum absolute atomic E-state index is 12.8. The van der Waals surface area contributed by atoms with Gasteiger partial charge >= 0.3 is 5.97 Å². The Morgan fingerprint density at radius 3 is 2.55 bits per heavy atom. The van der Waals surface area contributed by atoms with E-state index in [-0.39, 0.29) is 5.91 Å². The molecular weight excluding hydrogens is 348 g/mol. The van der Waals surface area contributed by atoms with Crippen LogP contribution in [0.1, 0.15) is 21.6 Å². The topological polar surface area (TPSA) is 62.5 Å². The Morgan fingerprint density at radius 1 is 1.27 bits per heavy atom. The molecule has 1 atom stereocenters. The predicted molar refractivity (Wildman–Crippen MR) is 84.6 cm³/mol. The fraction of sp³-hybridized carbons (Fsp3) is 0.250. The molecule has 1 N–H and O–H groups in total. The van der Waals surface area contributed by atoms with Crippen LogP contribution in [0.5, 0.6) is 0 Å². The molecule has 0 spiro atoms. The number of fused-ring (bicyclic) bond motifs is 1. The molecule has 1 aromatic heterocycles. The zero-order chi connectivity index (χ0) is 15.9. The van der Waals surface area contributed by atoms with Crippen molar-refractivity contribution >= 4 is 27.8 Å². The molecule has 1 aliphatic heterocycles. The second-order valence-corrected chi connectivity index (χ2v) is 6.33. The van der Waals surface area contributed by atoms with Crippen LogP contribution in [0.3, 0.4) is 0 Å². The van der Waals surface area contributed by atoms with Crippen LogP contribution in [-0.2, 0) is 24.8 Å². The fourth-order valence-corrected chi connectivity index (χ4v) is 3.36. The Labute approximate surface area is 136 Å².